The lowest BCUT2D eigenvalue weighted by atomic mass is 10.1. The molecule has 0 aliphatic heterocycles. The first kappa shape index (κ1) is 14.2. The summed E-state index contributed by atoms with van der Waals surface area (Å²) in [4.78, 5) is 4.59. The van der Waals surface area contributed by atoms with Crippen molar-refractivity contribution >= 4 is 22.9 Å². The number of nitrogens with zero attached hydrogens (tertiary/aromatic N) is 1. The average Bonchev–Trinajstić information content (AvgIpc) is 2.97. The van der Waals surface area contributed by atoms with Crippen LogP contribution in [0.4, 0.5) is 4.39 Å². The zero-order valence-corrected chi connectivity index (χ0v) is 12.6. The van der Waals surface area contributed by atoms with Crippen LogP contribution >= 0.6 is 22.9 Å². The highest BCUT2D eigenvalue weighted by atomic mass is 35.5. The maximum Gasteiger partial charge on any atom is 0.125 e. The van der Waals surface area contributed by atoms with Crippen LogP contribution in [0.2, 0.25) is 5.02 Å². The van der Waals surface area contributed by atoms with Crippen LogP contribution in [0.15, 0.2) is 47.8 Å². The van der Waals surface area contributed by atoms with Gasteiger partial charge in [0.05, 0.1) is 10.7 Å². The number of rotatable bonds is 3. The summed E-state index contributed by atoms with van der Waals surface area (Å²) in [5, 5.41) is 3.10. The van der Waals surface area contributed by atoms with E-state index in [4.69, 9.17) is 17.3 Å². The van der Waals surface area contributed by atoms with Crippen molar-refractivity contribution in [3.63, 3.8) is 0 Å². The van der Waals surface area contributed by atoms with E-state index >= 15 is 0 Å². The predicted octanol–water partition coefficient (Wildman–Crippen LogP) is 4.73. The van der Waals surface area contributed by atoms with E-state index in [0.29, 0.717) is 11.6 Å². The molecule has 21 heavy (non-hydrogen) atoms. The lowest BCUT2D eigenvalue weighted by Crippen LogP contribution is -1.95. The standard InChI is InChI=1S/C16H12ClFN2S/c17-14-7-12(18)4-5-13(14)16-20-15(9-21-16)11-3-1-2-10(6-11)8-19/h1-7,9H,8,19H2. The van der Waals surface area contributed by atoms with Gasteiger partial charge in [-0.2, -0.15) is 0 Å². The maximum absolute atomic E-state index is 13.1. The number of hydrogen-bond acceptors (Lipinski definition) is 3. The lowest BCUT2D eigenvalue weighted by Gasteiger charge is -2.01. The number of benzene rings is 2. The topological polar surface area (TPSA) is 38.9 Å². The van der Waals surface area contributed by atoms with Crippen LogP contribution in [0, 0.1) is 5.82 Å². The van der Waals surface area contributed by atoms with Crippen molar-refractivity contribution in [1.82, 2.24) is 4.98 Å². The maximum atomic E-state index is 13.1. The van der Waals surface area contributed by atoms with Gasteiger partial charge in [0.15, 0.2) is 0 Å². The van der Waals surface area contributed by atoms with E-state index in [1.54, 1.807) is 6.07 Å². The van der Waals surface area contributed by atoms with Crippen molar-refractivity contribution in [3.05, 3.63) is 64.2 Å². The molecule has 0 atom stereocenters. The third-order valence-electron chi connectivity index (χ3n) is 3.12. The molecule has 0 unspecified atom stereocenters. The molecule has 0 bridgehead atoms. The largest absolute Gasteiger partial charge is 0.326 e. The highest BCUT2D eigenvalue weighted by Crippen LogP contribution is 2.33. The molecule has 3 aromatic rings. The van der Waals surface area contributed by atoms with E-state index in [-0.39, 0.29) is 5.82 Å². The molecule has 0 radical (unpaired) electrons. The second-order valence-corrected chi connectivity index (χ2v) is 5.83. The number of nitrogens with two attached hydrogens (primary N) is 1. The van der Waals surface area contributed by atoms with Gasteiger partial charge >= 0.3 is 0 Å². The fraction of sp³-hybridized carbons (Fsp3) is 0.0625. The van der Waals surface area contributed by atoms with E-state index in [1.165, 1.54) is 23.5 Å². The van der Waals surface area contributed by atoms with Crippen LogP contribution < -0.4 is 5.73 Å². The van der Waals surface area contributed by atoms with Crippen LogP contribution in [0.1, 0.15) is 5.56 Å². The Hall–Kier alpha value is -1.75. The minimum atomic E-state index is -0.351. The van der Waals surface area contributed by atoms with E-state index in [9.17, 15) is 4.39 Å². The van der Waals surface area contributed by atoms with Gasteiger partial charge < -0.3 is 5.73 Å². The minimum absolute atomic E-state index is 0.351. The Balaban J connectivity index is 1.99. The van der Waals surface area contributed by atoms with Gasteiger partial charge in [0.1, 0.15) is 10.8 Å². The highest BCUT2D eigenvalue weighted by molar-refractivity contribution is 7.13. The molecule has 5 heteroatoms. The number of halogens is 2. The normalized spacial score (nSPS) is 10.8. The summed E-state index contributed by atoms with van der Waals surface area (Å²) < 4.78 is 13.1. The van der Waals surface area contributed by atoms with E-state index in [2.05, 4.69) is 4.98 Å². The summed E-state index contributed by atoms with van der Waals surface area (Å²) >= 11 is 7.56. The Morgan fingerprint density at radius 3 is 2.81 bits per heavy atom. The van der Waals surface area contributed by atoms with Crippen LogP contribution in [0.3, 0.4) is 0 Å². The third-order valence-corrected chi connectivity index (χ3v) is 4.31. The minimum Gasteiger partial charge on any atom is -0.326 e. The molecule has 1 heterocycles. The predicted molar refractivity (Wildman–Crippen MR) is 85.8 cm³/mol. The average molecular weight is 319 g/mol. The van der Waals surface area contributed by atoms with Crippen LogP contribution in [-0.2, 0) is 6.54 Å². The van der Waals surface area contributed by atoms with Crippen LogP contribution in [0.25, 0.3) is 21.8 Å². The smallest absolute Gasteiger partial charge is 0.125 e. The summed E-state index contributed by atoms with van der Waals surface area (Å²) in [6, 6.07) is 12.3. The second-order valence-electron chi connectivity index (χ2n) is 4.57. The van der Waals surface area contributed by atoms with Crippen LogP contribution in [-0.4, -0.2) is 4.98 Å². The van der Waals surface area contributed by atoms with Crippen molar-refractivity contribution < 1.29 is 4.39 Å². The zero-order chi connectivity index (χ0) is 14.8. The van der Waals surface area contributed by atoms with Gasteiger partial charge in [-0.1, -0.05) is 29.8 Å². The van der Waals surface area contributed by atoms with Gasteiger partial charge in [-0.25, -0.2) is 9.37 Å². The Morgan fingerprint density at radius 1 is 1.19 bits per heavy atom. The molecule has 0 saturated carbocycles. The van der Waals surface area contributed by atoms with Crippen molar-refractivity contribution in [2.75, 3.05) is 0 Å². The summed E-state index contributed by atoms with van der Waals surface area (Å²) in [5.41, 5.74) is 9.33. The number of hydrogen-bond donors (Lipinski definition) is 1. The third kappa shape index (κ3) is 2.97. The second kappa shape index (κ2) is 5.93. The molecule has 0 amide bonds. The summed E-state index contributed by atoms with van der Waals surface area (Å²) in [6.45, 7) is 0.495. The SMILES string of the molecule is NCc1cccc(-c2csc(-c3ccc(F)cc3Cl)n2)c1. The van der Waals surface area contributed by atoms with E-state index in [1.807, 2.05) is 29.6 Å². The fourth-order valence-corrected chi connectivity index (χ4v) is 3.23. The van der Waals surface area contributed by atoms with Crippen LogP contribution in [0.5, 0.6) is 0 Å². The van der Waals surface area contributed by atoms with E-state index in [0.717, 1.165) is 27.4 Å². The number of aromatic nitrogens is 1. The Labute approximate surface area is 131 Å². The molecule has 2 aromatic carbocycles. The van der Waals surface area contributed by atoms with Gasteiger partial charge in [0.25, 0.3) is 0 Å². The molecule has 0 fully saturated rings. The highest BCUT2D eigenvalue weighted by Gasteiger charge is 2.10. The molecule has 2 nitrogen and oxygen atoms in total. The van der Waals surface area contributed by atoms with Gasteiger partial charge in [-0.3, -0.25) is 0 Å². The Bertz CT molecular complexity index is 785. The first-order valence-electron chi connectivity index (χ1n) is 6.37. The van der Waals surface area contributed by atoms with E-state index < -0.39 is 0 Å². The summed E-state index contributed by atoms with van der Waals surface area (Å²) in [6.07, 6.45) is 0. The zero-order valence-electron chi connectivity index (χ0n) is 11.0. The van der Waals surface area contributed by atoms with Gasteiger partial charge in [0.2, 0.25) is 0 Å². The molecule has 0 aliphatic rings. The number of thiazole rings is 1. The Morgan fingerprint density at radius 2 is 2.05 bits per heavy atom. The first-order valence-corrected chi connectivity index (χ1v) is 7.63. The van der Waals surface area contributed by atoms with Crippen molar-refractivity contribution in [1.29, 1.82) is 0 Å². The fourth-order valence-electron chi connectivity index (χ4n) is 2.05. The molecule has 0 saturated heterocycles. The monoisotopic (exact) mass is 318 g/mol. The summed E-state index contributed by atoms with van der Waals surface area (Å²) in [7, 11) is 0. The molecule has 106 valence electrons. The Kier molecular flexibility index (Phi) is 4.01. The molecule has 0 spiro atoms. The first-order chi connectivity index (χ1) is 10.2. The van der Waals surface area contributed by atoms with Crippen molar-refractivity contribution in [2.24, 2.45) is 5.73 Å². The molecular formula is C16H12ClFN2S. The summed E-state index contributed by atoms with van der Waals surface area (Å²) in [5.74, 6) is -0.351. The van der Waals surface area contributed by atoms with Gasteiger partial charge in [0, 0.05) is 23.1 Å². The molecule has 1 aromatic heterocycles. The van der Waals surface area contributed by atoms with Crippen molar-refractivity contribution in [3.8, 4) is 21.8 Å². The van der Waals surface area contributed by atoms with Gasteiger partial charge in [-0.05, 0) is 29.8 Å². The van der Waals surface area contributed by atoms with Gasteiger partial charge in [-0.15, -0.1) is 11.3 Å². The lowest BCUT2D eigenvalue weighted by molar-refractivity contribution is 0.628. The quantitative estimate of drug-likeness (QED) is 0.758. The van der Waals surface area contributed by atoms with Crippen molar-refractivity contribution in [2.45, 2.75) is 6.54 Å². The molecule has 0 aliphatic carbocycles. The molecule has 3 rings (SSSR count). The molecule has 2 N–H and O–H groups in total. The molecular weight excluding hydrogens is 307 g/mol.